The molecule has 0 aromatic heterocycles. The summed E-state index contributed by atoms with van der Waals surface area (Å²) >= 11 is 6.19. The van der Waals surface area contributed by atoms with Gasteiger partial charge in [0.2, 0.25) is 0 Å². The number of halogens is 1. The minimum Gasteiger partial charge on any atom is -0.362 e. The standard InChI is InChI=1S/C25H26ClNO2/c1-17-9-14-22-23(15-17)25(29-24(22,2)28,19-10-12-20(26)13-11-19)21-8-6-5-7-18(21)16-27(3)4/h5-15,28H,16H2,1-4H3. The van der Waals surface area contributed by atoms with Crippen LogP contribution in [0.15, 0.2) is 66.7 Å². The van der Waals surface area contributed by atoms with Gasteiger partial charge in [-0.25, -0.2) is 0 Å². The van der Waals surface area contributed by atoms with Gasteiger partial charge in [-0.05, 0) is 56.8 Å². The number of ether oxygens (including phenoxy) is 1. The maximum absolute atomic E-state index is 11.3. The summed E-state index contributed by atoms with van der Waals surface area (Å²) < 4.78 is 6.59. The van der Waals surface area contributed by atoms with Crippen molar-refractivity contribution in [1.82, 2.24) is 4.90 Å². The van der Waals surface area contributed by atoms with E-state index in [0.29, 0.717) is 5.02 Å². The zero-order valence-electron chi connectivity index (χ0n) is 17.2. The largest absolute Gasteiger partial charge is 0.362 e. The van der Waals surface area contributed by atoms with E-state index in [4.69, 9.17) is 16.3 Å². The third kappa shape index (κ3) is 3.38. The van der Waals surface area contributed by atoms with Crippen molar-refractivity contribution in [3.63, 3.8) is 0 Å². The molecule has 2 atom stereocenters. The van der Waals surface area contributed by atoms with Crippen molar-refractivity contribution in [2.45, 2.75) is 31.8 Å². The Hall–Kier alpha value is -2.17. The highest BCUT2D eigenvalue weighted by atomic mass is 35.5. The molecule has 1 aliphatic heterocycles. The summed E-state index contributed by atoms with van der Waals surface area (Å²) in [5.41, 5.74) is 5.07. The first kappa shape index (κ1) is 20.1. The number of fused-ring (bicyclic) bond motifs is 1. The maximum Gasteiger partial charge on any atom is 0.191 e. The smallest absolute Gasteiger partial charge is 0.191 e. The van der Waals surface area contributed by atoms with Gasteiger partial charge in [0.15, 0.2) is 5.79 Å². The van der Waals surface area contributed by atoms with E-state index in [2.05, 4.69) is 44.1 Å². The number of benzene rings is 3. The minimum atomic E-state index is -1.41. The molecule has 0 aliphatic carbocycles. The summed E-state index contributed by atoms with van der Waals surface area (Å²) in [4.78, 5) is 2.14. The molecule has 0 radical (unpaired) electrons. The van der Waals surface area contributed by atoms with Gasteiger partial charge < -0.3 is 14.7 Å². The number of aliphatic hydroxyl groups is 1. The Morgan fingerprint density at radius 3 is 2.31 bits per heavy atom. The van der Waals surface area contributed by atoms with Gasteiger partial charge in [0.1, 0.15) is 5.60 Å². The lowest BCUT2D eigenvalue weighted by Crippen LogP contribution is -2.34. The molecule has 0 fully saturated rings. The molecule has 1 N–H and O–H groups in total. The van der Waals surface area contributed by atoms with Crippen molar-refractivity contribution < 1.29 is 9.84 Å². The molecule has 0 bridgehead atoms. The van der Waals surface area contributed by atoms with Gasteiger partial charge >= 0.3 is 0 Å². The van der Waals surface area contributed by atoms with Crippen molar-refractivity contribution in [3.05, 3.63) is 105 Å². The fraction of sp³-hybridized carbons (Fsp3) is 0.280. The van der Waals surface area contributed by atoms with E-state index in [1.807, 2.05) is 48.5 Å². The Labute approximate surface area is 177 Å². The summed E-state index contributed by atoms with van der Waals surface area (Å²) in [6.07, 6.45) is 0. The molecule has 0 spiro atoms. The van der Waals surface area contributed by atoms with E-state index in [-0.39, 0.29) is 0 Å². The van der Waals surface area contributed by atoms with Gasteiger partial charge in [0, 0.05) is 22.7 Å². The molecule has 0 amide bonds. The Bertz CT molecular complexity index is 1040. The van der Waals surface area contributed by atoms with Crippen LogP contribution in [0.4, 0.5) is 0 Å². The number of hydrogen-bond donors (Lipinski definition) is 1. The molecule has 29 heavy (non-hydrogen) atoms. The van der Waals surface area contributed by atoms with E-state index >= 15 is 0 Å². The second kappa shape index (κ2) is 7.26. The molecule has 4 heteroatoms. The van der Waals surface area contributed by atoms with Crippen LogP contribution in [0.2, 0.25) is 5.02 Å². The van der Waals surface area contributed by atoms with Crippen LogP contribution in [0.1, 0.15) is 40.3 Å². The van der Waals surface area contributed by atoms with Crippen LogP contribution in [-0.4, -0.2) is 24.1 Å². The third-order valence-corrected chi connectivity index (χ3v) is 5.79. The molecule has 150 valence electrons. The first-order valence-electron chi connectivity index (χ1n) is 9.77. The number of rotatable bonds is 4. The van der Waals surface area contributed by atoms with Crippen molar-refractivity contribution in [3.8, 4) is 0 Å². The molecule has 3 aromatic carbocycles. The Kier molecular flexibility index (Phi) is 5.04. The molecule has 3 nitrogen and oxygen atoms in total. The highest BCUT2D eigenvalue weighted by Gasteiger charge is 2.53. The lowest BCUT2D eigenvalue weighted by Gasteiger charge is -2.35. The van der Waals surface area contributed by atoms with Crippen LogP contribution in [0.25, 0.3) is 0 Å². The predicted octanol–water partition coefficient (Wildman–Crippen LogP) is 5.20. The van der Waals surface area contributed by atoms with Gasteiger partial charge in [-0.15, -0.1) is 0 Å². The topological polar surface area (TPSA) is 32.7 Å². The van der Waals surface area contributed by atoms with E-state index in [1.165, 1.54) is 0 Å². The molecule has 1 heterocycles. The average molecular weight is 408 g/mol. The fourth-order valence-electron chi connectivity index (χ4n) is 4.36. The van der Waals surface area contributed by atoms with Crippen LogP contribution >= 0.6 is 11.6 Å². The summed E-state index contributed by atoms with van der Waals surface area (Å²) in [6.45, 7) is 4.54. The molecule has 1 aliphatic rings. The second-order valence-electron chi connectivity index (χ2n) is 8.22. The van der Waals surface area contributed by atoms with Gasteiger partial charge in [0.05, 0.1) is 0 Å². The van der Waals surface area contributed by atoms with E-state index in [0.717, 1.165) is 39.9 Å². The minimum absolute atomic E-state index is 0.666. The Morgan fingerprint density at radius 2 is 1.62 bits per heavy atom. The van der Waals surface area contributed by atoms with Crippen LogP contribution in [-0.2, 0) is 22.7 Å². The lowest BCUT2D eigenvalue weighted by atomic mass is 9.77. The Balaban J connectivity index is 2.08. The van der Waals surface area contributed by atoms with Crippen LogP contribution < -0.4 is 0 Å². The van der Waals surface area contributed by atoms with Gasteiger partial charge in [0.25, 0.3) is 0 Å². The number of aryl methyl sites for hydroxylation is 1. The van der Waals surface area contributed by atoms with Gasteiger partial charge in [-0.3, -0.25) is 0 Å². The molecule has 0 saturated heterocycles. The Morgan fingerprint density at radius 1 is 0.931 bits per heavy atom. The first-order chi connectivity index (χ1) is 13.7. The molecule has 3 aromatic rings. The molecule has 2 unspecified atom stereocenters. The van der Waals surface area contributed by atoms with Crippen molar-refractivity contribution >= 4 is 11.6 Å². The first-order valence-corrected chi connectivity index (χ1v) is 10.1. The lowest BCUT2D eigenvalue weighted by molar-refractivity contribution is -0.225. The average Bonchev–Trinajstić information content (AvgIpc) is 2.90. The SMILES string of the molecule is Cc1ccc2c(c1)C(c1ccc(Cl)cc1)(c1ccccc1CN(C)C)OC2(C)O. The summed E-state index contributed by atoms with van der Waals surface area (Å²) in [5, 5.41) is 11.9. The summed E-state index contributed by atoms with van der Waals surface area (Å²) in [6, 6.07) is 22.1. The molecule has 4 rings (SSSR count). The third-order valence-electron chi connectivity index (χ3n) is 5.54. The van der Waals surface area contributed by atoms with E-state index < -0.39 is 11.4 Å². The molecular formula is C25H26ClNO2. The maximum atomic E-state index is 11.3. The highest BCUT2D eigenvalue weighted by Crippen LogP contribution is 2.54. The van der Waals surface area contributed by atoms with E-state index in [1.54, 1.807) is 6.92 Å². The highest BCUT2D eigenvalue weighted by molar-refractivity contribution is 6.30. The molecular weight excluding hydrogens is 382 g/mol. The zero-order chi connectivity index (χ0) is 20.8. The quantitative estimate of drug-likeness (QED) is 0.645. The summed E-state index contributed by atoms with van der Waals surface area (Å²) in [7, 11) is 4.10. The van der Waals surface area contributed by atoms with E-state index in [9.17, 15) is 5.11 Å². The van der Waals surface area contributed by atoms with Crippen molar-refractivity contribution in [2.75, 3.05) is 14.1 Å². The fourth-order valence-corrected chi connectivity index (χ4v) is 4.48. The van der Waals surface area contributed by atoms with Crippen LogP contribution in [0.3, 0.4) is 0 Å². The normalized spacial score (nSPS) is 23.4. The van der Waals surface area contributed by atoms with Gasteiger partial charge in [-0.1, -0.05) is 71.8 Å². The molecule has 0 saturated carbocycles. The van der Waals surface area contributed by atoms with Crippen molar-refractivity contribution in [1.29, 1.82) is 0 Å². The van der Waals surface area contributed by atoms with Crippen LogP contribution in [0.5, 0.6) is 0 Å². The number of hydrogen-bond acceptors (Lipinski definition) is 3. The zero-order valence-corrected chi connectivity index (χ0v) is 18.0. The van der Waals surface area contributed by atoms with Gasteiger partial charge in [-0.2, -0.15) is 0 Å². The second-order valence-corrected chi connectivity index (χ2v) is 8.65. The number of nitrogens with zero attached hydrogens (tertiary/aromatic N) is 1. The van der Waals surface area contributed by atoms with Crippen LogP contribution in [0, 0.1) is 6.92 Å². The summed E-state index contributed by atoms with van der Waals surface area (Å²) in [5.74, 6) is -1.41. The monoisotopic (exact) mass is 407 g/mol. The predicted molar refractivity (Wildman–Crippen MR) is 117 cm³/mol. The van der Waals surface area contributed by atoms with Crippen molar-refractivity contribution in [2.24, 2.45) is 0 Å².